The number of fused-ring (bicyclic) bond motifs is 2. The normalized spacial score (nSPS) is 11.3. The van der Waals surface area contributed by atoms with E-state index in [0.717, 1.165) is 44.1 Å². The average Bonchev–Trinajstić information content (AvgIpc) is 2.83. The largest absolute Gasteiger partial charge is 0.497 e. The van der Waals surface area contributed by atoms with Crippen LogP contribution < -0.4 is 20.1 Å². The Labute approximate surface area is 196 Å². The third-order valence-corrected chi connectivity index (χ3v) is 6.36. The predicted octanol–water partition coefficient (Wildman–Crippen LogP) is 5.90. The average molecular weight is 443 g/mol. The van der Waals surface area contributed by atoms with Crippen LogP contribution in [0.2, 0.25) is 0 Å². The molecule has 0 aliphatic heterocycles. The van der Waals surface area contributed by atoms with Gasteiger partial charge in [0.15, 0.2) is 0 Å². The molecule has 0 spiro atoms. The summed E-state index contributed by atoms with van der Waals surface area (Å²) in [6.07, 6.45) is 1.06. The number of aryl methyl sites for hydroxylation is 2. The fraction of sp³-hybridized carbons (Fsp3) is 0.310. The maximum absolute atomic E-state index is 5.53. The summed E-state index contributed by atoms with van der Waals surface area (Å²) in [5, 5.41) is 12.3. The number of nitrogens with one attached hydrogen (secondary N) is 2. The van der Waals surface area contributed by atoms with Crippen molar-refractivity contribution >= 4 is 21.5 Å². The number of methoxy groups -OCH3 is 2. The summed E-state index contributed by atoms with van der Waals surface area (Å²) >= 11 is 0. The Kier molecular flexibility index (Phi) is 7.48. The van der Waals surface area contributed by atoms with Crippen LogP contribution in [0.25, 0.3) is 21.5 Å². The van der Waals surface area contributed by atoms with Gasteiger partial charge in [-0.25, -0.2) is 0 Å². The molecule has 0 saturated carbocycles. The van der Waals surface area contributed by atoms with Gasteiger partial charge in [-0.15, -0.1) is 0 Å². The zero-order valence-electron chi connectivity index (χ0n) is 20.1. The van der Waals surface area contributed by atoms with E-state index in [2.05, 4.69) is 85.1 Å². The lowest BCUT2D eigenvalue weighted by molar-refractivity contribution is 0.414. The van der Waals surface area contributed by atoms with Gasteiger partial charge in [0.05, 0.1) is 14.2 Å². The van der Waals surface area contributed by atoms with Gasteiger partial charge in [0.2, 0.25) is 0 Å². The maximum Gasteiger partial charge on any atom is 0.119 e. The van der Waals surface area contributed by atoms with E-state index in [0.29, 0.717) is 0 Å². The van der Waals surface area contributed by atoms with Crippen LogP contribution >= 0.6 is 0 Å². The molecule has 0 radical (unpaired) electrons. The Morgan fingerprint density at radius 2 is 1.06 bits per heavy atom. The maximum atomic E-state index is 5.53. The molecule has 0 bridgehead atoms. The second-order valence-corrected chi connectivity index (χ2v) is 8.62. The van der Waals surface area contributed by atoms with Crippen LogP contribution in [-0.2, 0) is 13.1 Å². The van der Waals surface area contributed by atoms with Gasteiger partial charge in [-0.3, -0.25) is 0 Å². The lowest BCUT2D eigenvalue weighted by Gasteiger charge is -2.13. The minimum atomic E-state index is 0.830. The molecule has 0 fully saturated rings. The molecule has 4 heteroatoms. The van der Waals surface area contributed by atoms with Gasteiger partial charge in [-0.2, -0.15) is 0 Å². The zero-order valence-corrected chi connectivity index (χ0v) is 20.1. The van der Waals surface area contributed by atoms with Crippen LogP contribution in [0.4, 0.5) is 0 Å². The van der Waals surface area contributed by atoms with E-state index in [9.17, 15) is 0 Å². The predicted molar refractivity (Wildman–Crippen MR) is 139 cm³/mol. The van der Waals surface area contributed by atoms with Crippen molar-refractivity contribution in [3.8, 4) is 11.5 Å². The van der Waals surface area contributed by atoms with Gasteiger partial charge in [-0.1, -0.05) is 36.4 Å². The number of hydrogen-bond acceptors (Lipinski definition) is 4. The highest BCUT2D eigenvalue weighted by molar-refractivity contribution is 5.90. The summed E-state index contributed by atoms with van der Waals surface area (Å²) in [5.74, 6) is 1.83. The molecule has 0 amide bonds. The van der Waals surface area contributed by atoms with Crippen molar-refractivity contribution in [1.29, 1.82) is 0 Å². The quantitative estimate of drug-likeness (QED) is 0.300. The minimum Gasteiger partial charge on any atom is -0.497 e. The zero-order chi connectivity index (χ0) is 23.2. The summed E-state index contributed by atoms with van der Waals surface area (Å²) in [6, 6.07) is 21.5. The number of rotatable bonds is 10. The van der Waals surface area contributed by atoms with Crippen molar-refractivity contribution in [2.75, 3.05) is 27.3 Å². The van der Waals surface area contributed by atoms with Crippen molar-refractivity contribution in [3.63, 3.8) is 0 Å². The van der Waals surface area contributed by atoms with Crippen molar-refractivity contribution in [3.05, 3.63) is 82.9 Å². The first kappa shape index (κ1) is 23.1. The molecule has 0 aliphatic carbocycles. The van der Waals surface area contributed by atoms with E-state index in [1.54, 1.807) is 14.2 Å². The summed E-state index contributed by atoms with van der Waals surface area (Å²) in [7, 11) is 3.46. The highest BCUT2D eigenvalue weighted by Gasteiger charge is 2.08. The molecule has 0 atom stereocenters. The van der Waals surface area contributed by atoms with Gasteiger partial charge in [0, 0.05) is 13.1 Å². The van der Waals surface area contributed by atoms with Crippen LogP contribution in [0.1, 0.15) is 28.7 Å². The van der Waals surface area contributed by atoms with Crippen molar-refractivity contribution in [2.45, 2.75) is 33.4 Å². The minimum absolute atomic E-state index is 0.830. The van der Waals surface area contributed by atoms with E-state index < -0.39 is 0 Å². The lowest BCUT2D eigenvalue weighted by atomic mass is 10.00. The van der Waals surface area contributed by atoms with Gasteiger partial charge >= 0.3 is 0 Å². The molecular weight excluding hydrogens is 408 g/mol. The smallest absolute Gasteiger partial charge is 0.119 e. The van der Waals surface area contributed by atoms with Crippen LogP contribution in [0.3, 0.4) is 0 Å². The molecule has 4 aromatic rings. The molecule has 4 aromatic carbocycles. The molecule has 33 heavy (non-hydrogen) atoms. The summed E-state index contributed by atoms with van der Waals surface area (Å²) in [4.78, 5) is 0. The van der Waals surface area contributed by atoms with Gasteiger partial charge in [0.1, 0.15) is 11.5 Å². The first-order valence-corrected chi connectivity index (χ1v) is 11.6. The molecule has 4 rings (SSSR count). The highest BCUT2D eigenvalue weighted by atomic mass is 16.5. The highest BCUT2D eigenvalue weighted by Crippen LogP contribution is 2.29. The number of benzene rings is 4. The topological polar surface area (TPSA) is 42.5 Å². The second-order valence-electron chi connectivity index (χ2n) is 8.62. The standard InChI is InChI=1S/C29H34N2O2/c1-20-8-5-10-26-22(14-24(32-3)16-28(20)26)18-30-12-7-13-31-19-23-15-25(33-4)17-29-21(2)9-6-11-27(23)29/h5-6,8-11,14-17,30-31H,7,12-13,18-19H2,1-4H3. The molecule has 172 valence electrons. The van der Waals surface area contributed by atoms with E-state index in [-0.39, 0.29) is 0 Å². The van der Waals surface area contributed by atoms with Crippen LogP contribution in [0.5, 0.6) is 11.5 Å². The molecule has 0 aromatic heterocycles. The molecule has 4 nitrogen and oxygen atoms in total. The first-order valence-electron chi connectivity index (χ1n) is 11.6. The Morgan fingerprint density at radius 3 is 1.48 bits per heavy atom. The van der Waals surface area contributed by atoms with E-state index in [4.69, 9.17) is 9.47 Å². The number of hydrogen-bond donors (Lipinski definition) is 2. The first-order chi connectivity index (χ1) is 16.1. The fourth-order valence-corrected chi connectivity index (χ4v) is 4.48. The molecule has 0 saturated heterocycles. The summed E-state index contributed by atoms with van der Waals surface area (Å²) < 4.78 is 11.1. The fourth-order valence-electron chi connectivity index (χ4n) is 4.48. The van der Waals surface area contributed by atoms with Gasteiger partial charge in [0.25, 0.3) is 0 Å². The third-order valence-electron chi connectivity index (χ3n) is 6.36. The van der Waals surface area contributed by atoms with E-state index in [1.165, 1.54) is 43.8 Å². The Balaban J connectivity index is 1.31. The summed E-state index contributed by atoms with van der Waals surface area (Å²) in [5.41, 5.74) is 5.10. The Morgan fingerprint density at radius 1 is 0.606 bits per heavy atom. The van der Waals surface area contributed by atoms with E-state index in [1.807, 2.05) is 0 Å². The number of ether oxygens (including phenoxy) is 2. The molecule has 0 aliphatic rings. The van der Waals surface area contributed by atoms with Crippen LogP contribution in [-0.4, -0.2) is 27.3 Å². The van der Waals surface area contributed by atoms with Crippen molar-refractivity contribution in [2.24, 2.45) is 0 Å². The van der Waals surface area contributed by atoms with Crippen molar-refractivity contribution < 1.29 is 9.47 Å². The van der Waals surface area contributed by atoms with Crippen LogP contribution in [0, 0.1) is 13.8 Å². The monoisotopic (exact) mass is 442 g/mol. The van der Waals surface area contributed by atoms with Gasteiger partial charge in [-0.05, 0) is 101 Å². The van der Waals surface area contributed by atoms with E-state index >= 15 is 0 Å². The lowest BCUT2D eigenvalue weighted by Crippen LogP contribution is -2.21. The second kappa shape index (κ2) is 10.7. The molecule has 0 unspecified atom stereocenters. The third kappa shape index (κ3) is 5.29. The molecule has 2 N–H and O–H groups in total. The Bertz CT molecular complexity index is 1150. The van der Waals surface area contributed by atoms with Crippen LogP contribution in [0.15, 0.2) is 60.7 Å². The molecular formula is C29H34N2O2. The van der Waals surface area contributed by atoms with Gasteiger partial charge < -0.3 is 20.1 Å². The summed E-state index contributed by atoms with van der Waals surface area (Å²) in [6.45, 7) is 7.87. The SMILES string of the molecule is COc1cc(CNCCCNCc2cc(OC)cc3c(C)cccc23)c2cccc(C)c2c1. The molecule has 0 heterocycles. The Hall–Kier alpha value is -3.08. The van der Waals surface area contributed by atoms with Crippen molar-refractivity contribution in [1.82, 2.24) is 10.6 Å².